The molecule has 20 heavy (non-hydrogen) atoms. The van der Waals surface area contributed by atoms with E-state index in [0.29, 0.717) is 24.0 Å². The van der Waals surface area contributed by atoms with Crippen LogP contribution in [0.3, 0.4) is 0 Å². The normalized spacial score (nSPS) is 11.2. The molecule has 0 aromatic carbocycles. The third-order valence-electron chi connectivity index (χ3n) is 3.56. The van der Waals surface area contributed by atoms with Crippen molar-refractivity contribution in [3.05, 3.63) is 18.1 Å². The van der Waals surface area contributed by atoms with Crippen molar-refractivity contribution >= 4 is 5.97 Å². The van der Waals surface area contributed by atoms with E-state index < -0.39 is 5.97 Å². The second-order valence-electron chi connectivity index (χ2n) is 4.82. The number of aryl methyl sites for hydroxylation is 1. The summed E-state index contributed by atoms with van der Waals surface area (Å²) in [6, 6.07) is 0. The summed E-state index contributed by atoms with van der Waals surface area (Å²) in [6.45, 7) is 4.88. The first-order chi connectivity index (χ1) is 9.58. The van der Waals surface area contributed by atoms with Crippen LogP contribution in [-0.2, 0) is 13.6 Å². The van der Waals surface area contributed by atoms with Gasteiger partial charge in [0.1, 0.15) is 5.69 Å². The lowest BCUT2D eigenvalue weighted by molar-refractivity contribution is 0.0691. The summed E-state index contributed by atoms with van der Waals surface area (Å²) in [5.74, 6) is -0.0745. The van der Waals surface area contributed by atoms with Gasteiger partial charge in [-0.2, -0.15) is 0 Å². The van der Waals surface area contributed by atoms with Crippen LogP contribution in [0.2, 0.25) is 0 Å². The second kappa shape index (κ2) is 5.85. The molecule has 0 spiro atoms. The molecular formula is C13H19N5O2. The highest BCUT2D eigenvalue weighted by Crippen LogP contribution is 2.22. The molecule has 0 radical (unpaired) electrons. The van der Waals surface area contributed by atoms with E-state index in [1.165, 1.54) is 0 Å². The summed E-state index contributed by atoms with van der Waals surface area (Å²) in [5, 5.41) is 17.1. The van der Waals surface area contributed by atoms with Crippen molar-refractivity contribution in [1.82, 2.24) is 24.5 Å². The molecule has 0 aliphatic heterocycles. The molecule has 2 aromatic heterocycles. The molecular weight excluding hydrogens is 258 g/mol. The molecule has 0 saturated heterocycles. The van der Waals surface area contributed by atoms with E-state index in [2.05, 4.69) is 29.1 Å². The topological polar surface area (TPSA) is 85.8 Å². The molecule has 0 aliphatic carbocycles. The van der Waals surface area contributed by atoms with Crippen molar-refractivity contribution < 1.29 is 9.90 Å². The average molecular weight is 277 g/mol. The Balaban J connectivity index is 2.48. The summed E-state index contributed by atoms with van der Waals surface area (Å²) < 4.78 is 3.43. The number of aromatic carboxylic acids is 1. The molecule has 0 bridgehead atoms. The largest absolute Gasteiger partial charge is 0.476 e. The predicted molar refractivity (Wildman–Crippen MR) is 73.3 cm³/mol. The Morgan fingerprint density at radius 1 is 1.40 bits per heavy atom. The minimum atomic E-state index is -1.08. The summed E-state index contributed by atoms with van der Waals surface area (Å²) in [4.78, 5) is 15.5. The van der Waals surface area contributed by atoms with Crippen LogP contribution < -0.4 is 0 Å². The molecule has 108 valence electrons. The third-order valence-corrected chi connectivity index (χ3v) is 3.56. The van der Waals surface area contributed by atoms with Crippen molar-refractivity contribution in [3.63, 3.8) is 0 Å². The van der Waals surface area contributed by atoms with Gasteiger partial charge < -0.3 is 9.67 Å². The maximum atomic E-state index is 11.3. The number of rotatable bonds is 6. The molecule has 1 N–H and O–H groups in total. The zero-order chi connectivity index (χ0) is 14.7. The van der Waals surface area contributed by atoms with Gasteiger partial charge in [-0.05, 0) is 5.92 Å². The van der Waals surface area contributed by atoms with E-state index in [0.717, 1.165) is 12.8 Å². The van der Waals surface area contributed by atoms with Crippen LogP contribution in [-0.4, -0.2) is 35.6 Å². The molecule has 0 atom stereocenters. The van der Waals surface area contributed by atoms with E-state index in [1.807, 2.05) is 7.05 Å². The lowest BCUT2D eigenvalue weighted by atomic mass is 10.0. The predicted octanol–water partition coefficient (Wildman–Crippen LogP) is 1.81. The van der Waals surface area contributed by atoms with Crippen LogP contribution in [0.1, 0.15) is 37.2 Å². The summed E-state index contributed by atoms with van der Waals surface area (Å²) in [7, 11) is 1.82. The highest BCUT2D eigenvalue weighted by molar-refractivity contribution is 5.91. The Hall–Kier alpha value is -2.18. The van der Waals surface area contributed by atoms with E-state index in [4.69, 9.17) is 0 Å². The van der Waals surface area contributed by atoms with Gasteiger partial charge in [0.15, 0.2) is 5.82 Å². The lowest BCUT2D eigenvalue weighted by Gasteiger charge is -2.13. The zero-order valence-corrected chi connectivity index (χ0v) is 11.9. The first kappa shape index (κ1) is 14.2. The minimum absolute atomic E-state index is 0.0507. The number of nitrogens with zero attached hydrogens (tertiary/aromatic N) is 5. The van der Waals surface area contributed by atoms with Crippen molar-refractivity contribution in [1.29, 1.82) is 0 Å². The third kappa shape index (κ3) is 2.56. The van der Waals surface area contributed by atoms with Gasteiger partial charge in [-0.25, -0.2) is 14.5 Å². The number of aromatic nitrogens is 5. The first-order valence-corrected chi connectivity index (χ1v) is 6.72. The number of hydrogen-bond donors (Lipinski definition) is 1. The Labute approximate surface area is 117 Å². The molecule has 2 rings (SSSR count). The number of carboxylic acid groups (broad SMARTS) is 1. The maximum absolute atomic E-state index is 11.3. The van der Waals surface area contributed by atoms with Gasteiger partial charge in [0, 0.05) is 26.0 Å². The number of imidazole rings is 1. The SMILES string of the molecule is CCC(CC)Cn1nnc(C(=O)O)c1-c1nccn1C. The van der Waals surface area contributed by atoms with Crippen molar-refractivity contribution in [2.75, 3.05) is 0 Å². The Morgan fingerprint density at radius 3 is 2.60 bits per heavy atom. The molecule has 0 saturated carbocycles. The standard InChI is InChI=1S/C13H19N5O2/c1-4-9(5-2)8-18-11(10(13(19)20)15-16-18)12-14-6-7-17(12)3/h6-7,9H,4-5,8H2,1-3H3,(H,19,20). The van der Waals surface area contributed by atoms with Gasteiger partial charge in [-0.15, -0.1) is 5.10 Å². The molecule has 0 fully saturated rings. The van der Waals surface area contributed by atoms with Crippen LogP contribution in [0.5, 0.6) is 0 Å². The molecule has 2 heterocycles. The Morgan fingerprint density at radius 2 is 2.10 bits per heavy atom. The molecule has 7 nitrogen and oxygen atoms in total. The molecule has 0 unspecified atom stereocenters. The molecule has 0 amide bonds. The summed E-state index contributed by atoms with van der Waals surface area (Å²) >= 11 is 0. The fourth-order valence-corrected chi connectivity index (χ4v) is 2.19. The van der Waals surface area contributed by atoms with Crippen molar-refractivity contribution in [3.8, 4) is 11.5 Å². The number of carbonyl (C=O) groups is 1. The fourth-order valence-electron chi connectivity index (χ4n) is 2.19. The summed E-state index contributed by atoms with van der Waals surface area (Å²) in [6.07, 6.45) is 5.43. The smallest absolute Gasteiger partial charge is 0.358 e. The van der Waals surface area contributed by atoms with Gasteiger partial charge in [0.25, 0.3) is 0 Å². The van der Waals surface area contributed by atoms with Gasteiger partial charge >= 0.3 is 5.97 Å². The summed E-state index contributed by atoms with van der Waals surface area (Å²) in [5.41, 5.74) is 0.419. The number of hydrogen-bond acceptors (Lipinski definition) is 4. The Bertz CT molecular complexity index is 598. The van der Waals surface area contributed by atoms with E-state index >= 15 is 0 Å². The highest BCUT2D eigenvalue weighted by Gasteiger charge is 2.24. The molecule has 2 aromatic rings. The van der Waals surface area contributed by atoms with Crippen molar-refractivity contribution in [2.45, 2.75) is 33.2 Å². The van der Waals surface area contributed by atoms with Gasteiger partial charge in [-0.1, -0.05) is 31.9 Å². The van der Waals surface area contributed by atoms with Gasteiger partial charge in [0.2, 0.25) is 5.69 Å². The first-order valence-electron chi connectivity index (χ1n) is 6.72. The van der Waals surface area contributed by atoms with Crippen LogP contribution in [0, 0.1) is 5.92 Å². The highest BCUT2D eigenvalue weighted by atomic mass is 16.4. The maximum Gasteiger partial charge on any atom is 0.358 e. The van der Waals surface area contributed by atoms with Gasteiger partial charge in [-0.3, -0.25) is 0 Å². The zero-order valence-electron chi connectivity index (χ0n) is 11.9. The van der Waals surface area contributed by atoms with Crippen LogP contribution in [0.4, 0.5) is 0 Å². The quantitative estimate of drug-likeness (QED) is 0.870. The van der Waals surface area contributed by atoms with Crippen molar-refractivity contribution in [2.24, 2.45) is 13.0 Å². The van der Waals surface area contributed by atoms with Crippen LogP contribution in [0.25, 0.3) is 11.5 Å². The van der Waals surface area contributed by atoms with E-state index in [1.54, 1.807) is 21.6 Å². The Kier molecular flexibility index (Phi) is 4.16. The lowest BCUT2D eigenvalue weighted by Crippen LogP contribution is -2.14. The van der Waals surface area contributed by atoms with E-state index in [9.17, 15) is 9.90 Å². The molecule has 7 heteroatoms. The number of carboxylic acids is 1. The van der Waals surface area contributed by atoms with E-state index in [-0.39, 0.29) is 5.69 Å². The molecule has 0 aliphatic rings. The fraction of sp³-hybridized carbons (Fsp3) is 0.538. The monoisotopic (exact) mass is 277 g/mol. The second-order valence-corrected chi connectivity index (χ2v) is 4.82. The average Bonchev–Trinajstić information content (AvgIpc) is 3.01. The minimum Gasteiger partial charge on any atom is -0.476 e. The van der Waals surface area contributed by atoms with Crippen LogP contribution in [0.15, 0.2) is 12.4 Å². The van der Waals surface area contributed by atoms with Gasteiger partial charge in [0.05, 0.1) is 0 Å². The van der Waals surface area contributed by atoms with Crippen LogP contribution >= 0.6 is 0 Å².